The number of ether oxygens (including phenoxy) is 1. The van der Waals surface area contributed by atoms with E-state index in [9.17, 15) is 4.79 Å². The van der Waals surface area contributed by atoms with Gasteiger partial charge in [-0.3, -0.25) is 0 Å². The highest BCUT2D eigenvalue weighted by atomic mass is 35.5. The molecule has 4 rings (SSSR count). The first-order chi connectivity index (χ1) is 11.1. The van der Waals surface area contributed by atoms with E-state index in [-0.39, 0.29) is 24.5 Å². The van der Waals surface area contributed by atoms with Crippen LogP contribution in [0.5, 0.6) is 0 Å². The molecule has 2 saturated carbocycles. The van der Waals surface area contributed by atoms with Crippen molar-refractivity contribution in [1.29, 1.82) is 0 Å². The molecular weight excluding hydrogens is 322 g/mol. The van der Waals surface area contributed by atoms with Crippen LogP contribution in [0.1, 0.15) is 55.3 Å². The number of hydrogen-bond donors (Lipinski definition) is 0. The molecule has 3 aliphatic rings. The third-order valence-corrected chi connectivity index (χ3v) is 6.68. The molecule has 1 saturated heterocycles. The minimum atomic E-state index is -0.151. The lowest BCUT2D eigenvalue weighted by molar-refractivity contribution is -0.0708. The van der Waals surface area contributed by atoms with Gasteiger partial charge in [0.15, 0.2) is 0 Å². The van der Waals surface area contributed by atoms with Crippen LogP contribution in [0.25, 0.3) is 0 Å². The molecule has 1 aromatic carbocycles. The molecule has 3 unspecified atom stereocenters. The Morgan fingerprint density at radius 2 is 1.75 bits per heavy atom. The van der Waals surface area contributed by atoms with Gasteiger partial charge in [-0.2, -0.15) is 0 Å². The maximum atomic E-state index is 12.4. The molecule has 3 fully saturated rings. The van der Waals surface area contributed by atoms with Gasteiger partial charge >= 0.3 is 5.97 Å². The first-order valence-corrected chi connectivity index (χ1v) is 9.07. The Hall–Kier alpha value is -1.06. The molecule has 2 aliphatic carbocycles. The molecule has 0 bridgehead atoms. The Morgan fingerprint density at radius 1 is 1.08 bits per heavy atom. The number of halogens is 1. The van der Waals surface area contributed by atoms with E-state index in [0.29, 0.717) is 16.4 Å². The van der Waals surface area contributed by atoms with Crippen molar-refractivity contribution in [2.75, 3.05) is 20.1 Å². The summed E-state index contributed by atoms with van der Waals surface area (Å²) in [5.41, 5.74) is 1.56. The zero-order chi connectivity index (χ0) is 15.9. The highest BCUT2D eigenvalue weighted by Gasteiger charge is 2.60. The Kier molecular flexibility index (Phi) is 4.94. The van der Waals surface area contributed by atoms with Gasteiger partial charge in [0.05, 0.1) is 5.56 Å². The Bertz CT molecular complexity index is 593. The van der Waals surface area contributed by atoms with E-state index in [4.69, 9.17) is 4.74 Å². The molecule has 1 aromatic rings. The van der Waals surface area contributed by atoms with E-state index < -0.39 is 0 Å². The summed E-state index contributed by atoms with van der Waals surface area (Å²) in [5.74, 6) is -0.151. The molecule has 132 valence electrons. The number of nitrogens with zero attached hydrogens (tertiary/aromatic N) is 1. The van der Waals surface area contributed by atoms with Crippen molar-refractivity contribution >= 4 is 18.4 Å². The fourth-order valence-corrected chi connectivity index (χ4v) is 5.76. The number of likely N-dealkylation sites (tertiary alicyclic amines) is 1. The van der Waals surface area contributed by atoms with Gasteiger partial charge in [0.2, 0.25) is 0 Å². The van der Waals surface area contributed by atoms with Gasteiger partial charge < -0.3 is 9.64 Å². The molecule has 0 radical (unpaired) electrons. The van der Waals surface area contributed by atoms with E-state index >= 15 is 0 Å². The van der Waals surface area contributed by atoms with E-state index in [0.717, 1.165) is 12.8 Å². The maximum absolute atomic E-state index is 12.4. The van der Waals surface area contributed by atoms with Gasteiger partial charge in [0.25, 0.3) is 0 Å². The molecule has 0 N–H and O–H groups in total. The summed E-state index contributed by atoms with van der Waals surface area (Å²) in [6.45, 7) is 2.43. The predicted octanol–water partition coefficient (Wildman–Crippen LogP) is 4.31. The van der Waals surface area contributed by atoms with Crippen LogP contribution < -0.4 is 0 Å². The number of benzene rings is 1. The monoisotopic (exact) mass is 349 g/mol. The number of carbonyl (C=O) groups excluding carboxylic acids is 1. The quantitative estimate of drug-likeness (QED) is 0.745. The zero-order valence-electron chi connectivity index (χ0n) is 14.5. The van der Waals surface area contributed by atoms with Crippen LogP contribution in [0.2, 0.25) is 0 Å². The van der Waals surface area contributed by atoms with Gasteiger partial charge in [-0.1, -0.05) is 31.0 Å². The molecule has 0 spiro atoms. The highest BCUT2D eigenvalue weighted by Crippen LogP contribution is 2.62. The second-order valence-corrected chi connectivity index (χ2v) is 8.08. The average molecular weight is 350 g/mol. The van der Waals surface area contributed by atoms with Gasteiger partial charge in [-0.25, -0.2) is 4.79 Å². The third-order valence-electron chi connectivity index (χ3n) is 6.68. The van der Waals surface area contributed by atoms with Crippen molar-refractivity contribution in [3.05, 3.63) is 35.9 Å². The van der Waals surface area contributed by atoms with Crippen molar-refractivity contribution in [3.63, 3.8) is 0 Å². The highest BCUT2D eigenvalue weighted by molar-refractivity contribution is 5.89. The van der Waals surface area contributed by atoms with Gasteiger partial charge in [0.1, 0.15) is 6.10 Å². The molecular formula is C20H28ClNO2. The first kappa shape index (κ1) is 17.8. The molecule has 1 heterocycles. The lowest BCUT2D eigenvalue weighted by Crippen LogP contribution is -2.50. The molecule has 1 aliphatic heterocycles. The lowest BCUT2D eigenvalue weighted by Gasteiger charge is -2.54. The number of carbonyl (C=O) groups is 1. The average Bonchev–Trinajstić information content (AvgIpc) is 2.87. The van der Waals surface area contributed by atoms with E-state index in [1.54, 1.807) is 0 Å². The minimum absolute atomic E-state index is 0. The van der Waals surface area contributed by atoms with Gasteiger partial charge in [-0.15, -0.1) is 12.4 Å². The zero-order valence-corrected chi connectivity index (χ0v) is 15.3. The molecule has 24 heavy (non-hydrogen) atoms. The first-order valence-electron chi connectivity index (χ1n) is 9.07. The summed E-state index contributed by atoms with van der Waals surface area (Å²) in [5, 5.41) is 0. The summed E-state index contributed by atoms with van der Waals surface area (Å²) in [6, 6.07) is 9.42. The van der Waals surface area contributed by atoms with Crippen molar-refractivity contribution in [3.8, 4) is 0 Å². The van der Waals surface area contributed by atoms with Crippen LogP contribution in [0, 0.1) is 10.8 Å². The normalized spacial score (nSPS) is 35.5. The Balaban J connectivity index is 0.00000169. The molecule has 0 aromatic heterocycles. The SMILES string of the molecule is CN1CC23CCCCC2(CC(OC(=O)c2ccccc2)CC3)C1.Cl. The fourth-order valence-electron chi connectivity index (χ4n) is 5.76. The topological polar surface area (TPSA) is 29.5 Å². The standard InChI is InChI=1S/C20H27NO2.ClH/c1-21-14-19-10-5-6-11-20(19,15-21)13-17(9-12-19)23-18(22)16-7-3-2-4-8-16;/h2-4,7-8,17H,5-6,9-15H2,1H3;1H. The van der Waals surface area contributed by atoms with Gasteiger partial charge in [0, 0.05) is 13.1 Å². The van der Waals surface area contributed by atoms with E-state index in [1.165, 1.54) is 45.2 Å². The van der Waals surface area contributed by atoms with Crippen LogP contribution in [-0.4, -0.2) is 37.1 Å². The van der Waals surface area contributed by atoms with Crippen molar-refractivity contribution in [2.45, 2.75) is 51.0 Å². The largest absolute Gasteiger partial charge is 0.459 e. The summed E-state index contributed by atoms with van der Waals surface area (Å²) in [4.78, 5) is 14.9. The van der Waals surface area contributed by atoms with Crippen molar-refractivity contribution in [1.82, 2.24) is 4.90 Å². The number of esters is 1. The summed E-state index contributed by atoms with van der Waals surface area (Å²) in [6.07, 6.45) is 8.83. The van der Waals surface area contributed by atoms with Crippen LogP contribution >= 0.6 is 12.4 Å². The summed E-state index contributed by atoms with van der Waals surface area (Å²) < 4.78 is 5.90. The second kappa shape index (κ2) is 6.68. The Labute approximate surface area is 151 Å². The second-order valence-electron chi connectivity index (χ2n) is 8.08. The summed E-state index contributed by atoms with van der Waals surface area (Å²) in [7, 11) is 2.26. The van der Waals surface area contributed by atoms with Crippen LogP contribution in [0.3, 0.4) is 0 Å². The molecule has 4 heteroatoms. The third kappa shape index (κ3) is 2.86. The van der Waals surface area contributed by atoms with Crippen LogP contribution in [0.4, 0.5) is 0 Å². The smallest absolute Gasteiger partial charge is 0.338 e. The predicted molar refractivity (Wildman–Crippen MR) is 97.6 cm³/mol. The van der Waals surface area contributed by atoms with Crippen LogP contribution in [-0.2, 0) is 4.74 Å². The summed E-state index contributed by atoms with van der Waals surface area (Å²) >= 11 is 0. The van der Waals surface area contributed by atoms with Crippen molar-refractivity contribution < 1.29 is 9.53 Å². The van der Waals surface area contributed by atoms with E-state index in [1.807, 2.05) is 30.3 Å². The van der Waals surface area contributed by atoms with Crippen molar-refractivity contribution in [2.24, 2.45) is 10.8 Å². The molecule has 3 atom stereocenters. The maximum Gasteiger partial charge on any atom is 0.338 e. The van der Waals surface area contributed by atoms with Crippen LogP contribution in [0.15, 0.2) is 30.3 Å². The minimum Gasteiger partial charge on any atom is -0.459 e. The number of hydrogen-bond acceptors (Lipinski definition) is 3. The molecule has 0 amide bonds. The van der Waals surface area contributed by atoms with E-state index in [2.05, 4.69) is 11.9 Å². The fraction of sp³-hybridized carbons (Fsp3) is 0.650. The van der Waals surface area contributed by atoms with Gasteiger partial charge in [-0.05, 0) is 62.1 Å². The number of rotatable bonds is 2. The molecule has 3 nitrogen and oxygen atoms in total. The Morgan fingerprint density at radius 3 is 2.50 bits per heavy atom. The lowest BCUT2D eigenvalue weighted by atomic mass is 9.51.